The van der Waals surface area contributed by atoms with Crippen LogP contribution >= 0.6 is 0 Å². The van der Waals surface area contributed by atoms with E-state index in [2.05, 4.69) is 15.1 Å². The van der Waals surface area contributed by atoms with E-state index >= 15 is 0 Å². The molecule has 94 valence electrons. The molecule has 0 bridgehead atoms. The molecule has 18 heavy (non-hydrogen) atoms. The SMILES string of the molecule is Cc1ccncc1-c1nc(C2(N)CCCC2)no1. The Morgan fingerprint density at radius 2 is 2.11 bits per heavy atom. The number of rotatable bonds is 2. The van der Waals surface area contributed by atoms with E-state index in [1.165, 1.54) is 0 Å². The first-order chi connectivity index (χ1) is 8.69. The van der Waals surface area contributed by atoms with Crippen molar-refractivity contribution in [1.29, 1.82) is 0 Å². The lowest BCUT2D eigenvalue weighted by atomic mass is 9.98. The highest BCUT2D eigenvalue weighted by Crippen LogP contribution is 2.35. The zero-order valence-electron chi connectivity index (χ0n) is 10.4. The quantitative estimate of drug-likeness (QED) is 0.875. The fourth-order valence-electron chi connectivity index (χ4n) is 2.45. The van der Waals surface area contributed by atoms with E-state index in [9.17, 15) is 0 Å². The standard InChI is InChI=1S/C13H16N4O/c1-9-4-7-15-8-10(9)11-16-12(17-18-11)13(14)5-2-3-6-13/h4,7-8H,2-3,5-6,14H2,1H3. The monoisotopic (exact) mass is 244 g/mol. The molecule has 0 spiro atoms. The summed E-state index contributed by atoms with van der Waals surface area (Å²) in [6.07, 6.45) is 7.61. The normalized spacial score (nSPS) is 18.1. The van der Waals surface area contributed by atoms with Gasteiger partial charge < -0.3 is 10.3 Å². The lowest BCUT2D eigenvalue weighted by Gasteiger charge is -2.17. The number of aromatic nitrogens is 3. The van der Waals surface area contributed by atoms with Crippen LogP contribution in [0.1, 0.15) is 37.1 Å². The van der Waals surface area contributed by atoms with Crippen LogP contribution in [0.25, 0.3) is 11.5 Å². The maximum Gasteiger partial charge on any atom is 0.259 e. The Morgan fingerprint density at radius 1 is 1.33 bits per heavy atom. The predicted octanol–water partition coefficient (Wildman–Crippen LogP) is 2.17. The predicted molar refractivity (Wildman–Crippen MR) is 66.6 cm³/mol. The number of hydrogen-bond donors (Lipinski definition) is 1. The summed E-state index contributed by atoms with van der Waals surface area (Å²) in [7, 11) is 0. The van der Waals surface area contributed by atoms with E-state index in [0.717, 1.165) is 36.8 Å². The summed E-state index contributed by atoms with van der Waals surface area (Å²) >= 11 is 0. The Bertz CT molecular complexity index is 558. The molecule has 2 heterocycles. The van der Waals surface area contributed by atoms with E-state index in [4.69, 9.17) is 10.3 Å². The summed E-state index contributed by atoms with van der Waals surface area (Å²) in [4.78, 5) is 8.54. The highest BCUT2D eigenvalue weighted by Gasteiger charge is 2.36. The van der Waals surface area contributed by atoms with Crippen molar-refractivity contribution in [3.63, 3.8) is 0 Å². The van der Waals surface area contributed by atoms with Gasteiger partial charge in [0.05, 0.1) is 11.1 Å². The van der Waals surface area contributed by atoms with Crippen molar-refractivity contribution in [2.24, 2.45) is 5.73 Å². The molecule has 2 aromatic heterocycles. The number of hydrogen-bond acceptors (Lipinski definition) is 5. The first-order valence-electron chi connectivity index (χ1n) is 6.23. The molecule has 3 rings (SSSR count). The van der Waals surface area contributed by atoms with Crippen LogP contribution in [0, 0.1) is 6.92 Å². The number of nitrogens with two attached hydrogens (primary N) is 1. The van der Waals surface area contributed by atoms with Crippen molar-refractivity contribution >= 4 is 0 Å². The van der Waals surface area contributed by atoms with Crippen molar-refractivity contribution in [3.05, 3.63) is 29.8 Å². The van der Waals surface area contributed by atoms with Gasteiger partial charge in [-0.1, -0.05) is 18.0 Å². The Balaban J connectivity index is 1.97. The molecule has 1 aliphatic rings. The molecule has 0 atom stereocenters. The average Bonchev–Trinajstić information content (AvgIpc) is 2.99. The van der Waals surface area contributed by atoms with E-state index in [-0.39, 0.29) is 0 Å². The molecule has 0 aliphatic heterocycles. The van der Waals surface area contributed by atoms with Crippen LogP contribution in [0.2, 0.25) is 0 Å². The molecule has 1 saturated carbocycles. The minimum absolute atomic E-state index is 0.405. The smallest absolute Gasteiger partial charge is 0.259 e. The third kappa shape index (κ3) is 1.80. The van der Waals surface area contributed by atoms with Crippen molar-refractivity contribution in [2.45, 2.75) is 38.1 Å². The Hall–Kier alpha value is -1.75. The van der Waals surface area contributed by atoms with Gasteiger partial charge in [-0.3, -0.25) is 4.98 Å². The summed E-state index contributed by atoms with van der Waals surface area (Å²) in [5, 5.41) is 4.05. The fraction of sp³-hybridized carbons (Fsp3) is 0.462. The molecule has 5 nitrogen and oxygen atoms in total. The average molecular weight is 244 g/mol. The Labute approximate surface area is 105 Å². The first kappa shape index (κ1) is 11.3. The molecular weight excluding hydrogens is 228 g/mol. The maximum atomic E-state index is 6.31. The van der Waals surface area contributed by atoms with Gasteiger partial charge in [-0.05, 0) is 31.4 Å². The van der Waals surface area contributed by atoms with Gasteiger partial charge >= 0.3 is 0 Å². The molecule has 0 radical (unpaired) electrons. The van der Waals surface area contributed by atoms with Crippen LogP contribution < -0.4 is 5.73 Å². The highest BCUT2D eigenvalue weighted by molar-refractivity contribution is 5.56. The molecule has 0 aromatic carbocycles. The van der Waals surface area contributed by atoms with Crippen LogP contribution in [-0.2, 0) is 5.54 Å². The van der Waals surface area contributed by atoms with Crippen LogP contribution in [0.15, 0.2) is 23.0 Å². The zero-order chi connectivity index (χ0) is 12.6. The topological polar surface area (TPSA) is 77.8 Å². The highest BCUT2D eigenvalue weighted by atomic mass is 16.5. The second-order valence-corrected chi connectivity index (χ2v) is 4.98. The van der Waals surface area contributed by atoms with Gasteiger partial charge in [0.2, 0.25) is 0 Å². The molecule has 0 amide bonds. The maximum absolute atomic E-state index is 6.31. The number of pyridine rings is 1. The van der Waals surface area contributed by atoms with Gasteiger partial charge in [-0.2, -0.15) is 4.98 Å². The van der Waals surface area contributed by atoms with Crippen molar-refractivity contribution < 1.29 is 4.52 Å². The molecule has 2 N–H and O–H groups in total. The molecular formula is C13H16N4O. The van der Waals surface area contributed by atoms with Gasteiger partial charge in [0.15, 0.2) is 5.82 Å². The van der Waals surface area contributed by atoms with E-state index in [0.29, 0.717) is 11.7 Å². The summed E-state index contributed by atoms with van der Waals surface area (Å²) < 4.78 is 5.33. The second-order valence-electron chi connectivity index (χ2n) is 4.98. The molecule has 5 heteroatoms. The fourth-order valence-corrected chi connectivity index (χ4v) is 2.45. The summed E-state index contributed by atoms with van der Waals surface area (Å²) in [5.74, 6) is 1.13. The largest absolute Gasteiger partial charge is 0.334 e. The molecule has 0 saturated heterocycles. The molecule has 1 fully saturated rings. The van der Waals surface area contributed by atoms with Crippen molar-refractivity contribution in [3.8, 4) is 11.5 Å². The minimum Gasteiger partial charge on any atom is -0.334 e. The van der Waals surface area contributed by atoms with Crippen LogP contribution in [0.4, 0.5) is 0 Å². The van der Waals surface area contributed by atoms with Crippen LogP contribution in [-0.4, -0.2) is 15.1 Å². The molecule has 1 aliphatic carbocycles. The van der Waals surface area contributed by atoms with Gasteiger partial charge in [-0.25, -0.2) is 0 Å². The summed E-state index contributed by atoms with van der Waals surface area (Å²) in [6.45, 7) is 1.99. The van der Waals surface area contributed by atoms with Gasteiger partial charge in [0.1, 0.15) is 0 Å². The summed E-state index contributed by atoms with van der Waals surface area (Å²) in [6, 6.07) is 1.92. The van der Waals surface area contributed by atoms with Gasteiger partial charge in [-0.15, -0.1) is 0 Å². The van der Waals surface area contributed by atoms with E-state index in [1.807, 2.05) is 13.0 Å². The van der Waals surface area contributed by atoms with Crippen LogP contribution in [0.5, 0.6) is 0 Å². The lowest BCUT2D eigenvalue weighted by Crippen LogP contribution is -2.34. The molecule has 2 aromatic rings. The Morgan fingerprint density at radius 3 is 2.83 bits per heavy atom. The second kappa shape index (κ2) is 4.17. The van der Waals surface area contributed by atoms with E-state index < -0.39 is 5.54 Å². The number of aryl methyl sites for hydroxylation is 1. The van der Waals surface area contributed by atoms with Crippen molar-refractivity contribution in [2.75, 3.05) is 0 Å². The first-order valence-corrected chi connectivity index (χ1v) is 6.23. The van der Waals surface area contributed by atoms with Gasteiger partial charge in [0, 0.05) is 12.4 Å². The number of nitrogens with zero attached hydrogens (tertiary/aromatic N) is 3. The van der Waals surface area contributed by atoms with Gasteiger partial charge in [0.25, 0.3) is 5.89 Å². The third-order valence-corrected chi connectivity index (χ3v) is 3.64. The van der Waals surface area contributed by atoms with Crippen molar-refractivity contribution in [1.82, 2.24) is 15.1 Å². The van der Waals surface area contributed by atoms with Crippen LogP contribution in [0.3, 0.4) is 0 Å². The minimum atomic E-state index is -0.405. The molecule has 0 unspecified atom stereocenters. The third-order valence-electron chi connectivity index (χ3n) is 3.64. The lowest BCUT2D eigenvalue weighted by molar-refractivity contribution is 0.372. The Kier molecular flexibility index (Phi) is 2.63. The zero-order valence-corrected chi connectivity index (χ0v) is 10.4. The van der Waals surface area contributed by atoms with E-state index in [1.54, 1.807) is 12.4 Å². The summed E-state index contributed by atoms with van der Waals surface area (Å²) in [5.41, 5.74) is 7.84.